The Labute approximate surface area is 89.3 Å². The van der Waals surface area contributed by atoms with E-state index in [0.29, 0.717) is 13.2 Å². The van der Waals surface area contributed by atoms with Crippen LogP contribution in [0.5, 0.6) is 0 Å². The van der Waals surface area contributed by atoms with E-state index < -0.39 is 0 Å². The van der Waals surface area contributed by atoms with E-state index in [4.69, 9.17) is 9.84 Å². The first-order chi connectivity index (χ1) is 6.84. The average Bonchev–Trinajstić information content (AvgIpc) is 2.20. The molecule has 1 aromatic carbocycles. The molecule has 1 N–H and O–H groups in total. The second-order valence-electron chi connectivity index (χ2n) is 2.95. The van der Waals surface area contributed by atoms with Gasteiger partial charge in [0.1, 0.15) is 0 Å². The molecular formula is C11H16O2S. The monoisotopic (exact) mass is 212 g/mol. The maximum absolute atomic E-state index is 8.49. The first-order valence-electron chi connectivity index (χ1n) is 4.71. The summed E-state index contributed by atoms with van der Waals surface area (Å²) in [5.41, 5.74) is 1.31. The van der Waals surface area contributed by atoms with Crippen molar-refractivity contribution in [3.63, 3.8) is 0 Å². The number of hydrogen-bond acceptors (Lipinski definition) is 3. The summed E-state index contributed by atoms with van der Waals surface area (Å²) >= 11 is 1.79. The molecule has 0 amide bonds. The highest BCUT2D eigenvalue weighted by molar-refractivity contribution is 7.99. The van der Waals surface area contributed by atoms with Crippen molar-refractivity contribution in [2.24, 2.45) is 0 Å². The van der Waals surface area contributed by atoms with Crippen LogP contribution in [-0.2, 0) is 4.74 Å². The van der Waals surface area contributed by atoms with Crippen molar-refractivity contribution in [1.29, 1.82) is 0 Å². The maximum Gasteiger partial charge on any atom is 0.0698 e. The number of aliphatic hydroxyl groups excluding tert-OH is 1. The van der Waals surface area contributed by atoms with Crippen molar-refractivity contribution in [3.8, 4) is 0 Å². The Balaban J connectivity index is 2.21. The number of benzene rings is 1. The molecule has 0 saturated heterocycles. The minimum absolute atomic E-state index is 0.106. The number of rotatable bonds is 6. The van der Waals surface area contributed by atoms with E-state index in [-0.39, 0.29) is 6.61 Å². The van der Waals surface area contributed by atoms with Crippen LogP contribution in [0.1, 0.15) is 5.56 Å². The Morgan fingerprint density at radius 3 is 2.79 bits per heavy atom. The third kappa shape index (κ3) is 4.13. The normalized spacial score (nSPS) is 10.4. The molecule has 0 saturated carbocycles. The van der Waals surface area contributed by atoms with Crippen molar-refractivity contribution < 1.29 is 9.84 Å². The van der Waals surface area contributed by atoms with E-state index in [0.717, 1.165) is 5.75 Å². The van der Waals surface area contributed by atoms with Crippen LogP contribution in [0, 0.1) is 6.92 Å². The second-order valence-corrected chi connectivity index (χ2v) is 4.09. The van der Waals surface area contributed by atoms with Crippen molar-refractivity contribution >= 4 is 11.8 Å². The van der Waals surface area contributed by atoms with Gasteiger partial charge in [0.05, 0.1) is 19.8 Å². The maximum atomic E-state index is 8.49. The summed E-state index contributed by atoms with van der Waals surface area (Å²) in [6.07, 6.45) is 0. The third-order valence-corrected chi connectivity index (χ3v) is 2.95. The number of ether oxygens (including phenoxy) is 1. The van der Waals surface area contributed by atoms with E-state index in [1.165, 1.54) is 10.5 Å². The van der Waals surface area contributed by atoms with Crippen molar-refractivity contribution in [1.82, 2.24) is 0 Å². The lowest BCUT2D eigenvalue weighted by Crippen LogP contribution is -2.02. The van der Waals surface area contributed by atoms with Gasteiger partial charge in [-0.05, 0) is 18.6 Å². The number of aliphatic hydroxyl groups is 1. The molecule has 0 aliphatic heterocycles. The summed E-state index contributed by atoms with van der Waals surface area (Å²) in [6, 6.07) is 8.31. The molecule has 0 radical (unpaired) electrons. The van der Waals surface area contributed by atoms with Crippen molar-refractivity contribution in [2.75, 3.05) is 25.6 Å². The molecule has 0 atom stereocenters. The molecule has 0 bridgehead atoms. The van der Waals surface area contributed by atoms with Gasteiger partial charge < -0.3 is 9.84 Å². The standard InChI is InChI=1S/C11H16O2S/c1-10-4-2-3-5-11(10)14-9-8-13-7-6-12/h2-5,12H,6-9H2,1H3. The van der Waals surface area contributed by atoms with Gasteiger partial charge in [0.25, 0.3) is 0 Å². The van der Waals surface area contributed by atoms with Gasteiger partial charge in [-0.25, -0.2) is 0 Å². The Morgan fingerprint density at radius 2 is 2.07 bits per heavy atom. The highest BCUT2D eigenvalue weighted by Gasteiger charge is 1.96. The lowest BCUT2D eigenvalue weighted by molar-refractivity contribution is 0.103. The lowest BCUT2D eigenvalue weighted by Gasteiger charge is -2.05. The average molecular weight is 212 g/mol. The number of thioether (sulfide) groups is 1. The Hall–Kier alpha value is -0.510. The molecule has 0 aliphatic rings. The summed E-state index contributed by atoms with van der Waals surface area (Å²) in [6.45, 7) is 3.35. The van der Waals surface area contributed by atoms with Crippen LogP contribution >= 0.6 is 11.8 Å². The van der Waals surface area contributed by atoms with Crippen LogP contribution in [0.3, 0.4) is 0 Å². The molecule has 0 spiro atoms. The SMILES string of the molecule is Cc1ccccc1SCCOCCO. The summed E-state index contributed by atoms with van der Waals surface area (Å²) in [4.78, 5) is 1.31. The van der Waals surface area contributed by atoms with Gasteiger partial charge in [0.15, 0.2) is 0 Å². The van der Waals surface area contributed by atoms with E-state index >= 15 is 0 Å². The molecule has 1 aromatic rings. The molecule has 0 aromatic heterocycles. The van der Waals surface area contributed by atoms with Gasteiger partial charge in [0.2, 0.25) is 0 Å². The first-order valence-corrected chi connectivity index (χ1v) is 5.70. The van der Waals surface area contributed by atoms with E-state index in [9.17, 15) is 0 Å². The Bertz CT molecular complexity index is 263. The summed E-state index contributed by atoms with van der Waals surface area (Å²) < 4.78 is 5.17. The molecule has 3 heteroatoms. The summed E-state index contributed by atoms with van der Waals surface area (Å²) in [5, 5.41) is 8.49. The molecule has 0 aliphatic carbocycles. The Kier molecular flexibility index (Phi) is 5.68. The zero-order valence-electron chi connectivity index (χ0n) is 8.40. The van der Waals surface area contributed by atoms with Gasteiger partial charge in [-0.3, -0.25) is 0 Å². The van der Waals surface area contributed by atoms with Gasteiger partial charge in [-0.15, -0.1) is 11.8 Å². The smallest absolute Gasteiger partial charge is 0.0698 e. The fourth-order valence-corrected chi connectivity index (χ4v) is 1.99. The van der Waals surface area contributed by atoms with Crippen LogP contribution in [0.2, 0.25) is 0 Å². The fraction of sp³-hybridized carbons (Fsp3) is 0.455. The van der Waals surface area contributed by atoms with Crippen LogP contribution in [0.25, 0.3) is 0 Å². The zero-order valence-corrected chi connectivity index (χ0v) is 9.22. The quantitative estimate of drug-likeness (QED) is 0.578. The number of hydrogen-bond donors (Lipinski definition) is 1. The predicted octanol–water partition coefficient (Wildman–Crippen LogP) is 2.10. The van der Waals surface area contributed by atoms with Crippen LogP contribution in [0.15, 0.2) is 29.2 Å². The Morgan fingerprint density at radius 1 is 1.29 bits per heavy atom. The molecule has 2 nitrogen and oxygen atoms in total. The highest BCUT2D eigenvalue weighted by atomic mass is 32.2. The molecule has 14 heavy (non-hydrogen) atoms. The van der Waals surface area contributed by atoms with Crippen molar-refractivity contribution in [3.05, 3.63) is 29.8 Å². The molecule has 0 heterocycles. The molecular weight excluding hydrogens is 196 g/mol. The van der Waals surface area contributed by atoms with Crippen LogP contribution < -0.4 is 0 Å². The summed E-state index contributed by atoms with van der Waals surface area (Å²) in [5.74, 6) is 0.935. The zero-order chi connectivity index (χ0) is 10.2. The van der Waals surface area contributed by atoms with E-state index in [1.54, 1.807) is 11.8 Å². The molecule has 0 fully saturated rings. The van der Waals surface area contributed by atoms with Crippen molar-refractivity contribution in [2.45, 2.75) is 11.8 Å². The van der Waals surface area contributed by atoms with Crippen LogP contribution in [-0.4, -0.2) is 30.7 Å². The number of aryl methyl sites for hydroxylation is 1. The molecule has 0 unspecified atom stereocenters. The van der Waals surface area contributed by atoms with Gasteiger partial charge in [-0.2, -0.15) is 0 Å². The second kappa shape index (κ2) is 6.87. The highest BCUT2D eigenvalue weighted by Crippen LogP contribution is 2.21. The fourth-order valence-electron chi connectivity index (χ4n) is 1.10. The first kappa shape index (κ1) is 11.6. The predicted molar refractivity (Wildman–Crippen MR) is 59.8 cm³/mol. The minimum atomic E-state index is 0.106. The van der Waals surface area contributed by atoms with Gasteiger partial charge in [0, 0.05) is 10.6 Å². The topological polar surface area (TPSA) is 29.5 Å². The van der Waals surface area contributed by atoms with Gasteiger partial charge >= 0.3 is 0 Å². The van der Waals surface area contributed by atoms with Gasteiger partial charge in [-0.1, -0.05) is 18.2 Å². The minimum Gasteiger partial charge on any atom is -0.394 e. The third-order valence-electron chi connectivity index (χ3n) is 1.81. The van der Waals surface area contributed by atoms with E-state index in [2.05, 4.69) is 19.1 Å². The molecule has 1 rings (SSSR count). The van der Waals surface area contributed by atoms with E-state index in [1.807, 2.05) is 12.1 Å². The summed E-state index contributed by atoms with van der Waals surface area (Å²) in [7, 11) is 0. The lowest BCUT2D eigenvalue weighted by atomic mass is 10.2. The largest absolute Gasteiger partial charge is 0.394 e. The van der Waals surface area contributed by atoms with Crippen LogP contribution in [0.4, 0.5) is 0 Å². The molecule has 78 valence electrons.